The fourth-order valence-corrected chi connectivity index (χ4v) is 3.67. The van der Waals surface area contributed by atoms with E-state index in [0.717, 1.165) is 37.3 Å². The van der Waals surface area contributed by atoms with Crippen LogP contribution in [0.4, 0.5) is 0 Å². The fraction of sp³-hybridized carbons (Fsp3) is 0.750. The Morgan fingerprint density at radius 2 is 2.17 bits per heavy atom. The molecule has 0 unspecified atom stereocenters. The Morgan fingerprint density at radius 3 is 2.83 bits per heavy atom. The van der Waals surface area contributed by atoms with Crippen molar-refractivity contribution in [2.75, 3.05) is 19.7 Å². The van der Waals surface area contributed by atoms with Crippen LogP contribution in [0.25, 0.3) is 0 Å². The average Bonchev–Trinajstić information content (AvgIpc) is 3.01. The largest absolute Gasteiger partial charge is 0.373 e. The summed E-state index contributed by atoms with van der Waals surface area (Å²) in [5.41, 5.74) is 5.83. The first-order valence-corrected chi connectivity index (χ1v) is 9.14. The van der Waals surface area contributed by atoms with Crippen LogP contribution in [0.3, 0.4) is 0 Å². The highest BCUT2D eigenvalue weighted by Crippen LogP contribution is 2.31. The summed E-state index contributed by atoms with van der Waals surface area (Å²) in [7, 11) is 0. The number of hydrogen-bond donors (Lipinski definition) is 2. The minimum absolute atomic E-state index is 0. The number of carbonyl (C=O) groups excluding carboxylic acids is 1. The predicted octanol–water partition coefficient (Wildman–Crippen LogP) is 2.93. The van der Waals surface area contributed by atoms with E-state index in [1.54, 1.807) is 5.38 Å². The standard InChI is InChI=1S/C16H27N3O2S.ClH/c1-2-10-21-16(7-4-3-5-8-16)12-18-15(20)13-11-22-14(19-13)6-9-17;/h11H,2-10,12,17H2,1H3,(H,18,20);1H. The van der Waals surface area contributed by atoms with Crippen molar-refractivity contribution in [3.05, 3.63) is 16.1 Å². The van der Waals surface area contributed by atoms with Crippen LogP contribution in [0, 0.1) is 0 Å². The number of nitrogens with one attached hydrogen (secondary N) is 1. The third-order valence-electron chi connectivity index (χ3n) is 4.09. The molecule has 1 saturated carbocycles. The average molecular weight is 362 g/mol. The van der Waals surface area contributed by atoms with Gasteiger partial charge < -0.3 is 15.8 Å². The van der Waals surface area contributed by atoms with Crippen LogP contribution in [0.2, 0.25) is 0 Å². The number of rotatable bonds is 8. The van der Waals surface area contributed by atoms with Gasteiger partial charge in [-0.3, -0.25) is 4.79 Å². The molecule has 1 aliphatic rings. The molecule has 1 aromatic heterocycles. The number of hydrogen-bond acceptors (Lipinski definition) is 5. The molecule has 23 heavy (non-hydrogen) atoms. The summed E-state index contributed by atoms with van der Waals surface area (Å²) in [6.07, 6.45) is 7.41. The first kappa shape index (κ1) is 20.4. The third-order valence-corrected chi connectivity index (χ3v) is 5.00. The molecule has 1 aliphatic carbocycles. The van der Waals surface area contributed by atoms with Gasteiger partial charge >= 0.3 is 0 Å². The van der Waals surface area contributed by atoms with Gasteiger partial charge in [-0.15, -0.1) is 23.7 Å². The first-order chi connectivity index (χ1) is 10.7. The van der Waals surface area contributed by atoms with Gasteiger partial charge in [-0.05, 0) is 25.8 Å². The van der Waals surface area contributed by atoms with E-state index in [2.05, 4.69) is 17.2 Å². The zero-order chi connectivity index (χ0) is 15.8. The molecule has 2 rings (SSSR count). The summed E-state index contributed by atoms with van der Waals surface area (Å²) in [5, 5.41) is 5.75. The van der Waals surface area contributed by atoms with E-state index in [9.17, 15) is 4.79 Å². The van der Waals surface area contributed by atoms with Gasteiger partial charge in [0.1, 0.15) is 5.69 Å². The van der Waals surface area contributed by atoms with Gasteiger partial charge in [0.15, 0.2) is 0 Å². The summed E-state index contributed by atoms with van der Waals surface area (Å²) in [6, 6.07) is 0. The number of aromatic nitrogens is 1. The van der Waals surface area contributed by atoms with Gasteiger partial charge in [0.25, 0.3) is 5.91 Å². The lowest BCUT2D eigenvalue weighted by Gasteiger charge is -2.37. The molecule has 0 aliphatic heterocycles. The molecule has 0 atom stereocenters. The number of ether oxygens (including phenoxy) is 1. The fourth-order valence-electron chi connectivity index (χ4n) is 2.87. The first-order valence-electron chi connectivity index (χ1n) is 8.26. The van der Waals surface area contributed by atoms with Crippen molar-refractivity contribution in [3.63, 3.8) is 0 Å². The molecule has 5 nitrogen and oxygen atoms in total. The summed E-state index contributed by atoms with van der Waals surface area (Å²) in [5.74, 6) is -0.107. The molecule has 1 heterocycles. The number of nitrogens with two attached hydrogens (primary N) is 1. The highest BCUT2D eigenvalue weighted by molar-refractivity contribution is 7.09. The van der Waals surface area contributed by atoms with E-state index in [-0.39, 0.29) is 23.9 Å². The van der Waals surface area contributed by atoms with Crippen LogP contribution in [0.1, 0.15) is 60.9 Å². The Labute approximate surface area is 148 Å². The molecule has 1 aromatic rings. The van der Waals surface area contributed by atoms with Crippen molar-refractivity contribution >= 4 is 29.7 Å². The quantitative estimate of drug-likeness (QED) is 0.746. The maximum atomic E-state index is 12.3. The number of thiazole rings is 1. The third kappa shape index (κ3) is 6.03. The molecule has 0 spiro atoms. The van der Waals surface area contributed by atoms with E-state index < -0.39 is 0 Å². The van der Waals surface area contributed by atoms with E-state index in [4.69, 9.17) is 10.5 Å². The lowest BCUT2D eigenvalue weighted by molar-refractivity contribution is -0.0669. The molecule has 0 aromatic carbocycles. The van der Waals surface area contributed by atoms with Crippen LogP contribution in [-0.4, -0.2) is 36.2 Å². The van der Waals surface area contributed by atoms with Crippen LogP contribution in [-0.2, 0) is 11.2 Å². The Morgan fingerprint density at radius 1 is 1.43 bits per heavy atom. The minimum atomic E-state index is -0.181. The van der Waals surface area contributed by atoms with Gasteiger partial charge in [0.05, 0.1) is 10.6 Å². The van der Waals surface area contributed by atoms with E-state index in [1.807, 2.05) is 0 Å². The van der Waals surface area contributed by atoms with Crippen LogP contribution < -0.4 is 11.1 Å². The van der Waals surface area contributed by atoms with Gasteiger partial charge in [0.2, 0.25) is 0 Å². The summed E-state index contributed by atoms with van der Waals surface area (Å²) < 4.78 is 6.10. The molecular formula is C16H28ClN3O2S. The van der Waals surface area contributed by atoms with E-state index >= 15 is 0 Å². The van der Waals surface area contributed by atoms with Crippen molar-refractivity contribution in [2.45, 2.75) is 57.5 Å². The SMILES string of the molecule is CCCOC1(CNC(=O)c2csc(CCN)n2)CCCCC1.Cl. The van der Waals surface area contributed by atoms with Crippen molar-refractivity contribution in [1.82, 2.24) is 10.3 Å². The van der Waals surface area contributed by atoms with Crippen molar-refractivity contribution < 1.29 is 9.53 Å². The lowest BCUT2D eigenvalue weighted by atomic mass is 9.84. The predicted molar refractivity (Wildman–Crippen MR) is 96.5 cm³/mol. The number of halogens is 1. The van der Waals surface area contributed by atoms with E-state index in [1.165, 1.54) is 30.6 Å². The van der Waals surface area contributed by atoms with Crippen LogP contribution in [0.15, 0.2) is 5.38 Å². The molecule has 1 amide bonds. The number of carbonyl (C=O) groups is 1. The monoisotopic (exact) mass is 361 g/mol. The van der Waals surface area contributed by atoms with E-state index in [0.29, 0.717) is 18.8 Å². The molecule has 7 heteroatoms. The lowest BCUT2D eigenvalue weighted by Crippen LogP contribution is -2.46. The molecule has 3 N–H and O–H groups in total. The zero-order valence-electron chi connectivity index (χ0n) is 13.8. The second kappa shape index (κ2) is 10.2. The molecule has 1 fully saturated rings. The van der Waals surface area contributed by atoms with Crippen molar-refractivity contribution in [2.24, 2.45) is 5.73 Å². The normalized spacial score (nSPS) is 16.6. The maximum Gasteiger partial charge on any atom is 0.270 e. The smallest absolute Gasteiger partial charge is 0.270 e. The van der Waals surface area contributed by atoms with Crippen molar-refractivity contribution in [1.29, 1.82) is 0 Å². The minimum Gasteiger partial charge on any atom is -0.373 e. The molecule has 132 valence electrons. The molecule has 0 bridgehead atoms. The molecule has 0 radical (unpaired) electrons. The van der Waals surface area contributed by atoms with Crippen LogP contribution >= 0.6 is 23.7 Å². The highest BCUT2D eigenvalue weighted by atomic mass is 35.5. The van der Waals surface area contributed by atoms with Crippen molar-refractivity contribution in [3.8, 4) is 0 Å². The zero-order valence-corrected chi connectivity index (χ0v) is 15.4. The summed E-state index contributed by atoms with van der Waals surface area (Å²) >= 11 is 1.49. The molecular weight excluding hydrogens is 334 g/mol. The molecule has 0 saturated heterocycles. The maximum absolute atomic E-state index is 12.3. The second-order valence-electron chi connectivity index (χ2n) is 5.94. The Balaban J connectivity index is 0.00000264. The Kier molecular flexibility index (Phi) is 9.06. The van der Waals surface area contributed by atoms with Gasteiger partial charge in [-0.1, -0.05) is 26.2 Å². The van der Waals surface area contributed by atoms with Crippen LogP contribution in [0.5, 0.6) is 0 Å². The van der Waals surface area contributed by atoms with Gasteiger partial charge in [0, 0.05) is 25.0 Å². The Bertz CT molecular complexity index is 476. The highest BCUT2D eigenvalue weighted by Gasteiger charge is 2.33. The number of nitrogens with zero attached hydrogens (tertiary/aromatic N) is 1. The second-order valence-corrected chi connectivity index (χ2v) is 6.88. The Hall–Kier alpha value is -0.690. The van der Waals surface area contributed by atoms with Gasteiger partial charge in [-0.25, -0.2) is 4.98 Å². The number of amides is 1. The summed E-state index contributed by atoms with van der Waals surface area (Å²) in [6.45, 7) is 4.01. The summed E-state index contributed by atoms with van der Waals surface area (Å²) in [4.78, 5) is 16.6. The topological polar surface area (TPSA) is 77.2 Å². The van der Waals surface area contributed by atoms with Gasteiger partial charge in [-0.2, -0.15) is 0 Å².